The fraction of sp³-hybridized carbons (Fsp3) is 0.154. The Morgan fingerprint density at radius 1 is 1.31 bits per heavy atom. The molecule has 0 bridgehead atoms. The average Bonchev–Trinajstić information content (AvgIpc) is 2.66. The predicted molar refractivity (Wildman–Crippen MR) is 66.5 cm³/mol. The summed E-state index contributed by atoms with van der Waals surface area (Å²) in [4.78, 5) is 12.9. The van der Waals surface area contributed by atoms with E-state index in [2.05, 4.69) is 6.07 Å². The van der Waals surface area contributed by atoms with E-state index < -0.39 is 0 Å². The topological polar surface area (TPSA) is 17.1 Å². The molecule has 1 atom stereocenters. The molecule has 1 aromatic heterocycles. The van der Waals surface area contributed by atoms with Crippen LogP contribution in [0.1, 0.15) is 26.7 Å². The third kappa shape index (κ3) is 1.41. The van der Waals surface area contributed by atoms with Crippen molar-refractivity contribution in [1.29, 1.82) is 0 Å². The maximum Gasteiger partial charge on any atom is 0.182 e. The van der Waals surface area contributed by atoms with Crippen LogP contribution in [0.15, 0.2) is 35.7 Å². The number of benzene rings is 1. The Bertz CT molecular complexity index is 559. The Hall–Kier alpha value is -1.12. The van der Waals surface area contributed by atoms with E-state index in [1.807, 2.05) is 23.6 Å². The summed E-state index contributed by atoms with van der Waals surface area (Å²) >= 11 is 7.40. The lowest BCUT2D eigenvalue weighted by Gasteiger charge is -2.28. The van der Waals surface area contributed by atoms with Crippen molar-refractivity contribution in [3.05, 3.63) is 56.7 Å². The molecule has 3 rings (SSSR count). The van der Waals surface area contributed by atoms with Gasteiger partial charge in [0.05, 0.1) is 15.8 Å². The number of ketones is 1. The Morgan fingerprint density at radius 3 is 2.81 bits per heavy atom. The summed E-state index contributed by atoms with van der Waals surface area (Å²) in [6.45, 7) is 0. The monoisotopic (exact) mass is 248 g/mol. The molecule has 1 nitrogen and oxygen atoms in total. The zero-order chi connectivity index (χ0) is 11.1. The van der Waals surface area contributed by atoms with E-state index in [4.69, 9.17) is 11.6 Å². The van der Waals surface area contributed by atoms with Gasteiger partial charge in [-0.15, -0.1) is 11.3 Å². The summed E-state index contributed by atoms with van der Waals surface area (Å²) in [7, 11) is 0. The van der Waals surface area contributed by atoms with Gasteiger partial charge in [-0.3, -0.25) is 4.79 Å². The molecule has 0 saturated carbocycles. The van der Waals surface area contributed by atoms with E-state index in [0.717, 1.165) is 12.0 Å². The fourth-order valence-corrected chi connectivity index (χ4v) is 3.26. The minimum atomic E-state index is 0.0207. The van der Waals surface area contributed by atoms with Crippen LogP contribution >= 0.6 is 22.9 Å². The van der Waals surface area contributed by atoms with Gasteiger partial charge < -0.3 is 0 Å². The van der Waals surface area contributed by atoms with Crippen LogP contribution < -0.4 is 0 Å². The van der Waals surface area contributed by atoms with Crippen molar-refractivity contribution in [2.45, 2.75) is 12.3 Å². The van der Waals surface area contributed by atoms with Gasteiger partial charge in [0.15, 0.2) is 5.78 Å². The molecule has 80 valence electrons. The number of hydrogen-bond acceptors (Lipinski definition) is 2. The third-order valence-electron chi connectivity index (χ3n) is 3.01. The smallest absolute Gasteiger partial charge is 0.182 e. The SMILES string of the molecule is O=C(c1sccc1Cl)C1Cc2ccccc21. The van der Waals surface area contributed by atoms with E-state index in [1.54, 1.807) is 6.07 Å². The number of Topliss-reactive ketones (excluding diaryl/α,β-unsaturated/α-hetero) is 1. The van der Waals surface area contributed by atoms with Crippen LogP contribution in [0, 0.1) is 0 Å². The Labute approximate surface area is 103 Å². The number of carbonyl (C=O) groups excluding carboxylic acids is 1. The predicted octanol–water partition coefficient (Wildman–Crippen LogP) is 3.92. The van der Waals surface area contributed by atoms with E-state index in [0.29, 0.717) is 9.90 Å². The van der Waals surface area contributed by atoms with Gasteiger partial charge in [-0.25, -0.2) is 0 Å². The summed E-state index contributed by atoms with van der Waals surface area (Å²) in [5.41, 5.74) is 2.45. The van der Waals surface area contributed by atoms with Crippen molar-refractivity contribution in [3.8, 4) is 0 Å². The molecule has 0 aliphatic heterocycles. The lowest BCUT2D eigenvalue weighted by Crippen LogP contribution is -2.24. The zero-order valence-electron chi connectivity index (χ0n) is 8.44. The molecular weight excluding hydrogens is 240 g/mol. The van der Waals surface area contributed by atoms with Gasteiger partial charge in [0, 0.05) is 0 Å². The van der Waals surface area contributed by atoms with Gasteiger partial charge in [-0.05, 0) is 29.0 Å². The molecule has 1 unspecified atom stereocenters. The van der Waals surface area contributed by atoms with Crippen LogP contribution in [0.5, 0.6) is 0 Å². The van der Waals surface area contributed by atoms with Crippen molar-refractivity contribution < 1.29 is 4.79 Å². The number of carbonyl (C=O) groups is 1. The van der Waals surface area contributed by atoms with Gasteiger partial charge in [-0.1, -0.05) is 35.9 Å². The standard InChI is InChI=1S/C13H9ClOS/c14-11-5-6-16-13(11)12(15)10-7-8-3-1-2-4-9(8)10/h1-6,10H,7H2. The molecule has 16 heavy (non-hydrogen) atoms. The number of halogens is 1. The largest absolute Gasteiger partial charge is 0.293 e. The van der Waals surface area contributed by atoms with Crippen LogP contribution in [-0.2, 0) is 6.42 Å². The van der Waals surface area contributed by atoms with Crippen molar-refractivity contribution in [2.75, 3.05) is 0 Å². The summed E-state index contributed by atoms with van der Waals surface area (Å²) in [5, 5.41) is 2.44. The first-order valence-corrected chi connectivity index (χ1v) is 6.38. The number of hydrogen-bond donors (Lipinski definition) is 0. The van der Waals surface area contributed by atoms with Crippen molar-refractivity contribution >= 4 is 28.7 Å². The molecule has 0 radical (unpaired) electrons. The Kier molecular flexibility index (Phi) is 2.34. The van der Waals surface area contributed by atoms with Crippen LogP contribution in [0.2, 0.25) is 5.02 Å². The molecule has 1 heterocycles. The van der Waals surface area contributed by atoms with Gasteiger partial charge in [0.2, 0.25) is 0 Å². The first-order chi connectivity index (χ1) is 7.77. The maximum absolute atomic E-state index is 12.2. The van der Waals surface area contributed by atoms with E-state index in [1.165, 1.54) is 16.9 Å². The van der Waals surface area contributed by atoms with Gasteiger partial charge in [-0.2, -0.15) is 0 Å². The molecule has 3 heteroatoms. The maximum atomic E-state index is 12.2. The highest BCUT2D eigenvalue weighted by molar-refractivity contribution is 7.12. The van der Waals surface area contributed by atoms with E-state index in [9.17, 15) is 4.79 Å². The molecule has 0 saturated heterocycles. The molecule has 0 spiro atoms. The molecule has 0 N–H and O–H groups in total. The summed E-state index contributed by atoms with van der Waals surface area (Å²) in [6.07, 6.45) is 0.850. The van der Waals surface area contributed by atoms with E-state index in [-0.39, 0.29) is 11.7 Å². The second-order valence-corrected chi connectivity index (χ2v) is 5.24. The lowest BCUT2D eigenvalue weighted by molar-refractivity contribution is 0.0953. The molecular formula is C13H9ClOS. The summed E-state index contributed by atoms with van der Waals surface area (Å²) < 4.78 is 0. The molecule has 1 aliphatic carbocycles. The normalized spacial score (nSPS) is 17.7. The van der Waals surface area contributed by atoms with Gasteiger partial charge in [0.25, 0.3) is 0 Å². The minimum Gasteiger partial charge on any atom is -0.293 e. The minimum absolute atomic E-state index is 0.0207. The van der Waals surface area contributed by atoms with E-state index >= 15 is 0 Å². The molecule has 0 amide bonds. The van der Waals surface area contributed by atoms with Crippen molar-refractivity contribution in [3.63, 3.8) is 0 Å². The summed E-state index contributed by atoms with van der Waals surface area (Å²) in [5.74, 6) is 0.186. The molecule has 1 aromatic carbocycles. The molecule has 2 aromatic rings. The zero-order valence-corrected chi connectivity index (χ0v) is 10.0. The third-order valence-corrected chi connectivity index (χ3v) is 4.37. The van der Waals surface area contributed by atoms with Crippen molar-refractivity contribution in [1.82, 2.24) is 0 Å². The number of fused-ring (bicyclic) bond motifs is 1. The number of rotatable bonds is 2. The fourth-order valence-electron chi connectivity index (χ4n) is 2.12. The van der Waals surface area contributed by atoms with Gasteiger partial charge in [0.1, 0.15) is 0 Å². The highest BCUT2D eigenvalue weighted by Gasteiger charge is 2.33. The lowest BCUT2D eigenvalue weighted by atomic mass is 9.75. The van der Waals surface area contributed by atoms with Gasteiger partial charge >= 0.3 is 0 Å². The van der Waals surface area contributed by atoms with Crippen molar-refractivity contribution in [2.24, 2.45) is 0 Å². The number of thiophene rings is 1. The first-order valence-electron chi connectivity index (χ1n) is 5.12. The molecule has 0 fully saturated rings. The molecule has 1 aliphatic rings. The summed E-state index contributed by atoms with van der Waals surface area (Å²) in [6, 6.07) is 9.88. The highest BCUT2D eigenvalue weighted by atomic mass is 35.5. The Balaban J connectivity index is 1.93. The van der Waals surface area contributed by atoms with Crippen LogP contribution in [0.4, 0.5) is 0 Å². The second-order valence-electron chi connectivity index (χ2n) is 3.92. The quantitative estimate of drug-likeness (QED) is 0.736. The van der Waals surface area contributed by atoms with Crippen LogP contribution in [-0.4, -0.2) is 5.78 Å². The van der Waals surface area contributed by atoms with Crippen LogP contribution in [0.3, 0.4) is 0 Å². The second kappa shape index (κ2) is 3.72. The first kappa shape index (κ1) is 10.1. The average molecular weight is 249 g/mol. The Morgan fingerprint density at radius 2 is 2.12 bits per heavy atom. The highest BCUT2D eigenvalue weighted by Crippen LogP contribution is 2.39. The van der Waals surface area contributed by atoms with Crippen LogP contribution in [0.25, 0.3) is 0 Å².